The zero-order valence-corrected chi connectivity index (χ0v) is 13.7. The van der Waals surface area contributed by atoms with Gasteiger partial charge >= 0.3 is 0 Å². The number of nitrogens with zero attached hydrogens (tertiary/aromatic N) is 1. The van der Waals surface area contributed by atoms with E-state index in [1.165, 1.54) is 33.3 Å². The zero-order chi connectivity index (χ0) is 15.9. The molecule has 2 aromatic rings. The maximum Gasteiger partial charge on any atom is 0.223 e. The maximum absolute atomic E-state index is 12.3. The minimum atomic E-state index is 0.0752. The minimum absolute atomic E-state index is 0.0752. The number of fused-ring (bicyclic) bond motifs is 3. The molecule has 0 bridgehead atoms. The SMILES string of the molecule is Cc1cc2c3c(n(C)c2cc1C)CCC(C(=O)NCCN)C3. The summed E-state index contributed by atoms with van der Waals surface area (Å²) in [6.07, 6.45) is 2.73. The highest BCUT2D eigenvalue weighted by atomic mass is 16.1. The van der Waals surface area contributed by atoms with Gasteiger partial charge in [-0.05, 0) is 61.9 Å². The topological polar surface area (TPSA) is 60.0 Å². The molecule has 4 heteroatoms. The largest absolute Gasteiger partial charge is 0.355 e. The van der Waals surface area contributed by atoms with Crippen LogP contribution in [0.1, 0.15) is 28.8 Å². The van der Waals surface area contributed by atoms with E-state index in [1.807, 2.05) is 0 Å². The Morgan fingerprint density at radius 3 is 2.82 bits per heavy atom. The summed E-state index contributed by atoms with van der Waals surface area (Å²) >= 11 is 0. The number of rotatable bonds is 3. The molecule has 1 amide bonds. The van der Waals surface area contributed by atoms with E-state index >= 15 is 0 Å². The van der Waals surface area contributed by atoms with Crippen molar-refractivity contribution in [3.8, 4) is 0 Å². The third-order valence-corrected chi connectivity index (χ3v) is 5.05. The van der Waals surface area contributed by atoms with Crippen LogP contribution in [0.3, 0.4) is 0 Å². The minimum Gasteiger partial charge on any atom is -0.355 e. The average Bonchev–Trinajstić information content (AvgIpc) is 2.78. The van der Waals surface area contributed by atoms with Crippen LogP contribution in [0.25, 0.3) is 10.9 Å². The predicted octanol–water partition coefficient (Wildman–Crippen LogP) is 1.97. The van der Waals surface area contributed by atoms with Gasteiger partial charge in [0.15, 0.2) is 0 Å². The second-order valence-electron chi connectivity index (χ2n) is 6.46. The molecule has 4 nitrogen and oxygen atoms in total. The number of aryl methyl sites for hydroxylation is 3. The Morgan fingerprint density at radius 1 is 1.36 bits per heavy atom. The molecule has 0 fully saturated rings. The second-order valence-corrected chi connectivity index (χ2v) is 6.46. The number of hydrogen-bond donors (Lipinski definition) is 2. The van der Waals surface area contributed by atoms with E-state index in [4.69, 9.17) is 5.73 Å². The molecular weight excluding hydrogens is 274 g/mol. The first-order chi connectivity index (χ1) is 10.5. The molecule has 22 heavy (non-hydrogen) atoms. The molecule has 1 aliphatic carbocycles. The first-order valence-electron chi connectivity index (χ1n) is 8.08. The van der Waals surface area contributed by atoms with Crippen LogP contribution in [-0.4, -0.2) is 23.6 Å². The fourth-order valence-electron chi connectivity index (χ4n) is 3.59. The van der Waals surface area contributed by atoms with Gasteiger partial charge in [-0.25, -0.2) is 0 Å². The Balaban J connectivity index is 1.98. The van der Waals surface area contributed by atoms with Gasteiger partial charge in [0.1, 0.15) is 0 Å². The average molecular weight is 299 g/mol. The Bertz CT molecular complexity index is 730. The fourth-order valence-corrected chi connectivity index (χ4v) is 3.59. The number of carbonyl (C=O) groups is 1. The lowest BCUT2D eigenvalue weighted by molar-refractivity contribution is -0.125. The highest BCUT2D eigenvalue weighted by molar-refractivity contribution is 5.88. The van der Waals surface area contributed by atoms with E-state index in [2.05, 4.69) is 42.9 Å². The van der Waals surface area contributed by atoms with Crippen molar-refractivity contribution < 1.29 is 4.79 Å². The van der Waals surface area contributed by atoms with Crippen LogP contribution in [0.15, 0.2) is 12.1 Å². The van der Waals surface area contributed by atoms with Crippen molar-refractivity contribution >= 4 is 16.8 Å². The molecule has 1 heterocycles. The van der Waals surface area contributed by atoms with Crippen LogP contribution in [0.4, 0.5) is 0 Å². The van der Waals surface area contributed by atoms with Crippen molar-refractivity contribution in [3.63, 3.8) is 0 Å². The number of amides is 1. The van der Waals surface area contributed by atoms with Gasteiger partial charge in [0.25, 0.3) is 0 Å². The Morgan fingerprint density at radius 2 is 2.09 bits per heavy atom. The molecular formula is C18H25N3O. The van der Waals surface area contributed by atoms with E-state index < -0.39 is 0 Å². The third kappa shape index (κ3) is 2.41. The van der Waals surface area contributed by atoms with Crippen LogP contribution in [0.5, 0.6) is 0 Å². The molecule has 1 aliphatic rings. The molecule has 1 aromatic heterocycles. The van der Waals surface area contributed by atoms with Crippen molar-refractivity contribution in [1.29, 1.82) is 0 Å². The third-order valence-electron chi connectivity index (χ3n) is 5.05. The van der Waals surface area contributed by atoms with Gasteiger partial charge in [-0.3, -0.25) is 4.79 Å². The van der Waals surface area contributed by atoms with Crippen LogP contribution < -0.4 is 11.1 Å². The fraction of sp³-hybridized carbons (Fsp3) is 0.500. The summed E-state index contributed by atoms with van der Waals surface area (Å²) in [5.74, 6) is 0.225. The molecule has 0 saturated heterocycles. The summed E-state index contributed by atoms with van der Waals surface area (Å²) < 4.78 is 2.31. The number of aromatic nitrogens is 1. The number of benzene rings is 1. The summed E-state index contributed by atoms with van der Waals surface area (Å²) in [4.78, 5) is 12.3. The first-order valence-corrected chi connectivity index (χ1v) is 8.08. The van der Waals surface area contributed by atoms with Crippen molar-refractivity contribution in [2.24, 2.45) is 18.7 Å². The lowest BCUT2D eigenvalue weighted by atomic mass is 9.85. The highest BCUT2D eigenvalue weighted by Crippen LogP contribution is 2.35. The second kappa shape index (κ2) is 5.76. The number of carbonyl (C=O) groups excluding carboxylic acids is 1. The molecule has 0 aliphatic heterocycles. The molecule has 3 rings (SSSR count). The molecule has 0 saturated carbocycles. The molecule has 0 radical (unpaired) electrons. The van der Waals surface area contributed by atoms with Crippen LogP contribution >= 0.6 is 0 Å². The monoisotopic (exact) mass is 299 g/mol. The van der Waals surface area contributed by atoms with Crippen LogP contribution in [-0.2, 0) is 24.7 Å². The quantitative estimate of drug-likeness (QED) is 0.910. The van der Waals surface area contributed by atoms with Crippen LogP contribution in [0.2, 0.25) is 0 Å². The molecule has 0 spiro atoms. The summed E-state index contributed by atoms with van der Waals surface area (Å²) in [7, 11) is 2.14. The molecule has 1 atom stereocenters. The van der Waals surface area contributed by atoms with Crippen LogP contribution in [0, 0.1) is 19.8 Å². The van der Waals surface area contributed by atoms with E-state index in [0.29, 0.717) is 13.1 Å². The van der Waals surface area contributed by atoms with Crippen molar-refractivity contribution in [2.75, 3.05) is 13.1 Å². The van der Waals surface area contributed by atoms with Gasteiger partial charge < -0.3 is 15.6 Å². The smallest absolute Gasteiger partial charge is 0.223 e. The number of hydrogen-bond acceptors (Lipinski definition) is 2. The maximum atomic E-state index is 12.3. The van der Waals surface area contributed by atoms with E-state index in [0.717, 1.165) is 19.3 Å². The summed E-state index contributed by atoms with van der Waals surface area (Å²) in [5.41, 5.74) is 12.2. The van der Waals surface area contributed by atoms with Crippen molar-refractivity contribution in [1.82, 2.24) is 9.88 Å². The Labute approximate surface area is 131 Å². The van der Waals surface area contributed by atoms with Gasteiger partial charge in [-0.1, -0.05) is 0 Å². The molecule has 1 unspecified atom stereocenters. The van der Waals surface area contributed by atoms with Gasteiger partial charge in [0.2, 0.25) is 5.91 Å². The standard InChI is InChI=1S/C18H25N3O/c1-11-8-14-15-10-13(18(22)20-7-6-19)4-5-16(15)21(3)17(14)9-12(11)2/h8-9,13H,4-7,10,19H2,1-3H3,(H,20,22). The molecule has 3 N–H and O–H groups in total. The molecule has 1 aromatic carbocycles. The molecule has 118 valence electrons. The highest BCUT2D eigenvalue weighted by Gasteiger charge is 2.28. The zero-order valence-electron chi connectivity index (χ0n) is 13.7. The van der Waals surface area contributed by atoms with Gasteiger partial charge in [-0.2, -0.15) is 0 Å². The van der Waals surface area contributed by atoms with Crippen molar-refractivity contribution in [3.05, 3.63) is 34.5 Å². The van der Waals surface area contributed by atoms with Crippen molar-refractivity contribution in [2.45, 2.75) is 33.1 Å². The van der Waals surface area contributed by atoms with Gasteiger partial charge in [-0.15, -0.1) is 0 Å². The predicted molar refractivity (Wildman–Crippen MR) is 90.0 cm³/mol. The summed E-state index contributed by atoms with van der Waals surface area (Å²) in [6.45, 7) is 5.37. The normalized spacial score (nSPS) is 17.5. The summed E-state index contributed by atoms with van der Waals surface area (Å²) in [5, 5.41) is 4.25. The van der Waals surface area contributed by atoms with Gasteiger partial charge in [0, 0.05) is 42.7 Å². The van der Waals surface area contributed by atoms with E-state index in [-0.39, 0.29) is 11.8 Å². The summed E-state index contributed by atoms with van der Waals surface area (Å²) in [6, 6.07) is 4.55. The van der Waals surface area contributed by atoms with E-state index in [9.17, 15) is 4.79 Å². The lowest BCUT2D eigenvalue weighted by Crippen LogP contribution is -2.36. The lowest BCUT2D eigenvalue weighted by Gasteiger charge is -2.22. The van der Waals surface area contributed by atoms with Gasteiger partial charge in [0.05, 0.1) is 0 Å². The van der Waals surface area contributed by atoms with E-state index in [1.54, 1.807) is 0 Å². The number of nitrogens with one attached hydrogen (secondary N) is 1. The number of nitrogens with two attached hydrogens (primary N) is 1. The Hall–Kier alpha value is -1.81. The first kappa shape index (κ1) is 15.1. The Kier molecular flexibility index (Phi) is 3.96.